The van der Waals surface area contributed by atoms with Crippen molar-refractivity contribution in [2.24, 2.45) is 5.10 Å². The molecule has 1 saturated heterocycles. The Morgan fingerprint density at radius 3 is 2.78 bits per heavy atom. The smallest absolute Gasteiger partial charge is 0.215 e. The third-order valence-corrected chi connectivity index (χ3v) is 4.95. The van der Waals surface area contributed by atoms with E-state index in [1.807, 2.05) is 43.3 Å². The summed E-state index contributed by atoms with van der Waals surface area (Å²) in [5.41, 5.74) is 6.78. The number of nitrogens with one attached hydrogen (secondary N) is 1. The van der Waals surface area contributed by atoms with Gasteiger partial charge in [-0.05, 0) is 30.7 Å². The van der Waals surface area contributed by atoms with Crippen molar-refractivity contribution in [2.45, 2.75) is 6.92 Å². The second-order valence-electron chi connectivity index (χ2n) is 7.41. The van der Waals surface area contributed by atoms with Crippen LogP contribution in [-0.2, 0) is 14.3 Å². The second kappa shape index (κ2) is 12.6. The molecular formula is C23H31N5O4. The van der Waals surface area contributed by atoms with E-state index in [4.69, 9.17) is 14.2 Å². The minimum atomic E-state index is 0.333. The van der Waals surface area contributed by atoms with Crippen LogP contribution in [0, 0.1) is 6.92 Å². The summed E-state index contributed by atoms with van der Waals surface area (Å²) in [6.07, 6.45) is 2.48. The molecule has 1 N–H and O–H groups in total. The molecular weight excluding hydrogens is 410 g/mol. The summed E-state index contributed by atoms with van der Waals surface area (Å²) in [7, 11) is 1.61. The molecule has 0 radical (unpaired) electrons. The number of aryl methyl sites for hydroxylation is 1. The van der Waals surface area contributed by atoms with E-state index in [0.29, 0.717) is 51.1 Å². The van der Waals surface area contributed by atoms with E-state index in [0.717, 1.165) is 36.4 Å². The maximum Gasteiger partial charge on any atom is 0.215 e. The Kier molecular flexibility index (Phi) is 9.27. The number of methoxy groups -OCH3 is 1. The van der Waals surface area contributed by atoms with Crippen LogP contribution in [-0.4, -0.2) is 82.2 Å². The zero-order valence-corrected chi connectivity index (χ0v) is 18.7. The minimum Gasteiger partial charge on any atom is -0.476 e. The van der Waals surface area contributed by atoms with Crippen LogP contribution in [0.2, 0.25) is 0 Å². The summed E-state index contributed by atoms with van der Waals surface area (Å²) in [5.74, 6) is 0.489. The number of hydrazone groups is 1. The molecule has 0 bridgehead atoms. The summed E-state index contributed by atoms with van der Waals surface area (Å²) in [6, 6.07) is 11.9. The van der Waals surface area contributed by atoms with E-state index in [1.165, 1.54) is 0 Å². The Balaban J connectivity index is 1.69. The Hall–Kier alpha value is -3.17. The maximum atomic E-state index is 11.2. The number of carbonyl (C=O) groups is 1. The highest BCUT2D eigenvalue weighted by atomic mass is 16.5. The van der Waals surface area contributed by atoms with Crippen LogP contribution < -0.4 is 15.1 Å². The summed E-state index contributed by atoms with van der Waals surface area (Å²) < 4.78 is 16.4. The Morgan fingerprint density at radius 2 is 2.03 bits per heavy atom. The van der Waals surface area contributed by atoms with Gasteiger partial charge >= 0.3 is 0 Å². The van der Waals surface area contributed by atoms with E-state index in [2.05, 4.69) is 20.4 Å². The summed E-state index contributed by atoms with van der Waals surface area (Å²) in [4.78, 5) is 19.6. The predicted octanol–water partition coefficient (Wildman–Crippen LogP) is 2.16. The SMILES string of the molecule is COCCN(C=O)CCOc1cc(N2CCOCC2)cc(/C=N/Nc2cccc(C)c2)n1. The van der Waals surface area contributed by atoms with E-state index < -0.39 is 0 Å². The van der Waals surface area contributed by atoms with Crippen molar-refractivity contribution in [1.29, 1.82) is 0 Å². The molecule has 1 aliphatic rings. The summed E-state index contributed by atoms with van der Waals surface area (Å²) in [5, 5.41) is 4.33. The molecule has 0 unspecified atom stereocenters. The summed E-state index contributed by atoms with van der Waals surface area (Å²) >= 11 is 0. The first kappa shape index (κ1) is 23.5. The molecule has 172 valence electrons. The van der Waals surface area contributed by atoms with Gasteiger partial charge in [0.05, 0.1) is 44.0 Å². The van der Waals surface area contributed by atoms with Crippen LogP contribution >= 0.6 is 0 Å². The van der Waals surface area contributed by atoms with Crippen molar-refractivity contribution in [2.75, 3.05) is 70.0 Å². The normalized spacial score (nSPS) is 13.9. The standard InChI is InChI=1S/C23H31N5O4/c1-19-4-3-5-20(14-19)26-24-17-21-15-22(28-8-11-31-12-9-28)16-23(25-21)32-13-7-27(18-29)6-10-30-2/h3-5,14-18,26H,6-13H2,1-2H3/b24-17+. The van der Waals surface area contributed by atoms with Gasteiger partial charge in [0.15, 0.2) is 0 Å². The maximum absolute atomic E-state index is 11.2. The molecule has 0 saturated carbocycles. The minimum absolute atomic E-state index is 0.333. The quantitative estimate of drug-likeness (QED) is 0.307. The molecule has 1 aromatic carbocycles. The number of morpholine rings is 1. The van der Waals surface area contributed by atoms with Gasteiger partial charge in [-0.15, -0.1) is 0 Å². The molecule has 2 aromatic rings. The second-order valence-corrected chi connectivity index (χ2v) is 7.41. The van der Waals surface area contributed by atoms with Gasteiger partial charge in [-0.2, -0.15) is 5.10 Å². The zero-order valence-electron chi connectivity index (χ0n) is 18.7. The molecule has 9 heteroatoms. The van der Waals surface area contributed by atoms with Gasteiger partial charge in [0.1, 0.15) is 6.61 Å². The lowest BCUT2D eigenvalue weighted by atomic mass is 10.2. The molecule has 0 spiro atoms. The predicted molar refractivity (Wildman–Crippen MR) is 125 cm³/mol. The van der Waals surface area contributed by atoms with E-state index in [1.54, 1.807) is 18.2 Å². The Morgan fingerprint density at radius 1 is 1.22 bits per heavy atom. The van der Waals surface area contributed by atoms with Gasteiger partial charge in [-0.3, -0.25) is 10.2 Å². The van der Waals surface area contributed by atoms with Crippen molar-refractivity contribution < 1.29 is 19.0 Å². The highest BCUT2D eigenvalue weighted by Crippen LogP contribution is 2.22. The van der Waals surface area contributed by atoms with E-state index >= 15 is 0 Å². The van der Waals surface area contributed by atoms with Crippen molar-refractivity contribution in [3.8, 4) is 5.88 Å². The van der Waals surface area contributed by atoms with E-state index in [-0.39, 0.29) is 0 Å². The van der Waals surface area contributed by atoms with Crippen molar-refractivity contribution in [1.82, 2.24) is 9.88 Å². The molecule has 9 nitrogen and oxygen atoms in total. The van der Waals surface area contributed by atoms with Gasteiger partial charge < -0.3 is 24.0 Å². The van der Waals surface area contributed by atoms with Crippen LogP contribution in [0.15, 0.2) is 41.5 Å². The molecule has 1 fully saturated rings. The fraction of sp³-hybridized carbons (Fsp3) is 0.435. The number of anilines is 2. The largest absolute Gasteiger partial charge is 0.476 e. The monoisotopic (exact) mass is 441 g/mol. The number of ether oxygens (including phenoxy) is 3. The lowest BCUT2D eigenvalue weighted by molar-refractivity contribution is -0.119. The first-order valence-corrected chi connectivity index (χ1v) is 10.7. The van der Waals surface area contributed by atoms with Crippen LogP contribution in [0.25, 0.3) is 0 Å². The Bertz CT molecular complexity index is 886. The molecule has 1 aromatic heterocycles. The molecule has 0 atom stereocenters. The first-order valence-electron chi connectivity index (χ1n) is 10.7. The third-order valence-electron chi connectivity index (χ3n) is 4.95. The number of carbonyl (C=O) groups excluding carboxylic acids is 1. The molecule has 1 amide bonds. The molecule has 2 heterocycles. The fourth-order valence-electron chi connectivity index (χ4n) is 3.24. The first-order chi connectivity index (χ1) is 15.7. The molecule has 3 rings (SSSR count). The number of aromatic nitrogens is 1. The fourth-order valence-corrected chi connectivity index (χ4v) is 3.24. The number of nitrogens with zero attached hydrogens (tertiary/aromatic N) is 4. The Labute approximate surface area is 189 Å². The van der Waals surface area contributed by atoms with E-state index in [9.17, 15) is 4.79 Å². The number of benzene rings is 1. The number of hydrogen-bond acceptors (Lipinski definition) is 8. The lowest BCUT2D eigenvalue weighted by Gasteiger charge is -2.29. The van der Waals surface area contributed by atoms with Crippen molar-refractivity contribution in [3.63, 3.8) is 0 Å². The zero-order chi connectivity index (χ0) is 22.6. The highest BCUT2D eigenvalue weighted by molar-refractivity contribution is 5.80. The number of rotatable bonds is 12. The van der Waals surface area contributed by atoms with Crippen LogP contribution in [0.4, 0.5) is 11.4 Å². The lowest BCUT2D eigenvalue weighted by Crippen LogP contribution is -2.36. The number of pyridine rings is 1. The molecule has 0 aliphatic carbocycles. The van der Waals surface area contributed by atoms with Crippen LogP contribution in [0.5, 0.6) is 5.88 Å². The van der Waals surface area contributed by atoms with Crippen molar-refractivity contribution >= 4 is 24.0 Å². The number of amides is 1. The molecule has 32 heavy (non-hydrogen) atoms. The number of hydrogen-bond donors (Lipinski definition) is 1. The van der Waals surface area contributed by atoms with Crippen molar-refractivity contribution in [3.05, 3.63) is 47.7 Å². The van der Waals surface area contributed by atoms with Gasteiger partial charge in [0.2, 0.25) is 12.3 Å². The summed E-state index contributed by atoms with van der Waals surface area (Å²) in [6.45, 7) is 6.80. The third kappa shape index (κ3) is 7.51. The van der Waals surface area contributed by atoms with Gasteiger partial charge in [0.25, 0.3) is 0 Å². The average molecular weight is 442 g/mol. The van der Waals surface area contributed by atoms with Gasteiger partial charge in [-0.25, -0.2) is 4.98 Å². The topological polar surface area (TPSA) is 88.5 Å². The molecule has 1 aliphatic heterocycles. The van der Waals surface area contributed by atoms with Gasteiger partial charge in [0, 0.05) is 38.5 Å². The average Bonchev–Trinajstić information content (AvgIpc) is 2.82. The highest BCUT2D eigenvalue weighted by Gasteiger charge is 2.14. The van der Waals surface area contributed by atoms with Crippen LogP contribution in [0.1, 0.15) is 11.3 Å². The van der Waals surface area contributed by atoms with Crippen LogP contribution in [0.3, 0.4) is 0 Å². The van der Waals surface area contributed by atoms with Gasteiger partial charge in [-0.1, -0.05) is 12.1 Å².